The summed E-state index contributed by atoms with van der Waals surface area (Å²) in [5, 5.41) is 2.93. The van der Waals surface area contributed by atoms with Crippen molar-refractivity contribution in [2.45, 2.75) is 38.7 Å². The van der Waals surface area contributed by atoms with Crippen LogP contribution in [0.5, 0.6) is 23.0 Å². The Hall–Kier alpha value is -3.71. The fourth-order valence-corrected chi connectivity index (χ4v) is 4.21. The molecule has 7 nitrogen and oxygen atoms in total. The first-order valence-electron chi connectivity index (χ1n) is 12.6. The Balaban J connectivity index is 1.27. The Morgan fingerprint density at radius 1 is 0.972 bits per heavy atom. The van der Waals surface area contributed by atoms with E-state index >= 15 is 0 Å². The molecule has 3 aromatic carbocycles. The number of hydrogen-bond donors (Lipinski definition) is 2. The molecule has 1 saturated heterocycles. The minimum absolute atomic E-state index is 0.195. The molecule has 190 valence electrons. The van der Waals surface area contributed by atoms with Gasteiger partial charge in [-0.2, -0.15) is 0 Å². The summed E-state index contributed by atoms with van der Waals surface area (Å²) in [5.41, 5.74) is 7.63. The molecular formula is C29H35N3O4. The van der Waals surface area contributed by atoms with Crippen molar-refractivity contribution in [3.63, 3.8) is 0 Å². The molecule has 1 aliphatic rings. The van der Waals surface area contributed by atoms with Crippen LogP contribution in [0.1, 0.15) is 43.0 Å². The fraction of sp³-hybridized carbons (Fsp3) is 0.345. The van der Waals surface area contributed by atoms with Crippen molar-refractivity contribution >= 4 is 17.3 Å². The van der Waals surface area contributed by atoms with Crippen LogP contribution in [0.15, 0.2) is 66.7 Å². The molecule has 1 amide bonds. The standard InChI is InChI=1S/C29H35N3O4/c1-3-4-17-32-18-15-26(16-19-32)35-24-12-8-23(9-13-24)31-29(33)21-5-10-25(11-6-21)36-27-14-7-22(30)20-28(27)34-2/h5-14,20,26H,3-4,15-19,30H2,1-2H3,(H,31,33). The molecule has 0 atom stereocenters. The molecule has 0 aromatic heterocycles. The van der Waals surface area contributed by atoms with E-state index in [-0.39, 0.29) is 12.0 Å². The molecule has 0 saturated carbocycles. The fourth-order valence-electron chi connectivity index (χ4n) is 4.21. The normalized spacial score (nSPS) is 14.3. The molecule has 1 aliphatic heterocycles. The van der Waals surface area contributed by atoms with Crippen molar-refractivity contribution in [1.29, 1.82) is 0 Å². The van der Waals surface area contributed by atoms with Crippen LogP contribution in [0.25, 0.3) is 0 Å². The third-order valence-corrected chi connectivity index (χ3v) is 6.31. The number of hydrogen-bond acceptors (Lipinski definition) is 6. The molecule has 1 fully saturated rings. The number of carbonyl (C=O) groups is 1. The predicted octanol–water partition coefficient (Wildman–Crippen LogP) is 5.97. The number of piperidine rings is 1. The van der Waals surface area contributed by atoms with Gasteiger partial charge in [0.1, 0.15) is 17.6 Å². The number of carbonyl (C=O) groups excluding carboxylic acids is 1. The maximum absolute atomic E-state index is 12.7. The number of amides is 1. The van der Waals surface area contributed by atoms with E-state index in [9.17, 15) is 4.79 Å². The molecule has 36 heavy (non-hydrogen) atoms. The van der Waals surface area contributed by atoms with Gasteiger partial charge in [0.05, 0.1) is 7.11 Å². The van der Waals surface area contributed by atoms with Crippen LogP contribution in [-0.2, 0) is 0 Å². The summed E-state index contributed by atoms with van der Waals surface area (Å²) >= 11 is 0. The zero-order chi connectivity index (χ0) is 25.3. The second-order valence-electron chi connectivity index (χ2n) is 9.03. The van der Waals surface area contributed by atoms with Gasteiger partial charge in [-0.15, -0.1) is 0 Å². The number of nitrogen functional groups attached to an aromatic ring is 1. The van der Waals surface area contributed by atoms with E-state index < -0.39 is 0 Å². The first-order valence-corrected chi connectivity index (χ1v) is 12.6. The minimum atomic E-state index is -0.195. The Kier molecular flexibility index (Phi) is 8.68. The molecule has 0 unspecified atom stereocenters. The quantitative estimate of drug-likeness (QED) is 0.342. The Labute approximate surface area is 213 Å². The van der Waals surface area contributed by atoms with Crippen LogP contribution in [0.4, 0.5) is 11.4 Å². The highest BCUT2D eigenvalue weighted by atomic mass is 16.5. The van der Waals surface area contributed by atoms with Crippen LogP contribution in [0.3, 0.4) is 0 Å². The molecule has 0 aliphatic carbocycles. The van der Waals surface area contributed by atoms with Gasteiger partial charge in [-0.25, -0.2) is 0 Å². The number of ether oxygens (including phenoxy) is 3. The number of anilines is 2. The molecule has 3 aromatic rings. The van der Waals surface area contributed by atoms with E-state index in [0.29, 0.717) is 34.2 Å². The van der Waals surface area contributed by atoms with E-state index in [1.54, 1.807) is 49.6 Å². The summed E-state index contributed by atoms with van der Waals surface area (Å²) in [6.45, 7) is 5.60. The van der Waals surface area contributed by atoms with Crippen LogP contribution in [-0.4, -0.2) is 43.7 Å². The lowest BCUT2D eigenvalue weighted by molar-refractivity contribution is 0.0997. The molecule has 0 radical (unpaired) electrons. The molecule has 7 heteroatoms. The van der Waals surface area contributed by atoms with Crippen LogP contribution in [0.2, 0.25) is 0 Å². The number of rotatable bonds is 10. The van der Waals surface area contributed by atoms with Crippen molar-refractivity contribution in [1.82, 2.24) is 4.90 Å². The highest BCUT2D eigenvalue weighted by Gasteiger charge is 2.20. The third-order valence-electron chi connectivity index (χ3n) is 6.31. The topological polar surface area (TPSA) is 86.0 Å². The lowest BCUT2D eigenvalue weighted by Crippen LogP contribution is -2.38. The smallest absolute Gasteiger partial charge is 0.255 e. The first kappa shape index (κ1) is 25.4. The highest BCUT2D eigenvalue weighted by Crippen LogP contribution is 2.33. The molecule has 1 heterocycles. The molecule has 4 rings (SSSR count). The van der Waals surface area contributed by atoms with Gasteiger partial charge in [-0.1, -0.05) is 13.3 Å². The van der Waals surface area contributed by atoms with Gasteiger partial charge in [0.2, 0.25) is 0 Å². The second kappa shape index (κ2) is 12.3. The third kappa shape index (κ3) is 6.92. The monoisotopic (exact) mass is 489 g/mol. The lowest BCUT2D eigenvalue weighted by Gasteiger charge is -2.32. The van der Waals surface area contributed by atoms with Gasteiger partial charge in [0.15, 0.2) is 11.5 Å². The molecule has 0 spiro atoms. The summed E-state index contributed by atoms with van der Waals surface area (Å²) in [6, 6.07) is 19.7. The van der Waals surface area contributed by atoms with Crippen molar-refractivity contribution in [2.75, 3.05) is 37.8 Å². The van der Waals surface area contributed by atoms with Crippen LogP contribution in [0, 0.1) is 0 Å². The maximum atomic E-state index is 12.7. The maximum Gasteiger partial charge on any atom is 0.255 e. The van der Waals surface area contributed by atoms with E-state index in [1.807, 2.05) is 24.3 Å². The van der Waals surface area contributed by atoms with Gasteiger partial charge in [-0.05, 0) is 86.5 Å². The van der Waals surface area contributed by atoms with E-state index in [0.717, 1.165) is 31.7 Å². The Morgan fingerprint density at radius 3 is 2.33 bits per heavy atom. The number of methoxy groups -OCH3 is 1. The minimum Gasteiger partial charge on any atom is -0.493 e. The van der Waals surface area contributed by atoms with E-state index in [4.69, 9.17) is 19.9 Å². The molecule has 3 N–H and O–H groups in total. The van der Waals surface area contributed by atoms with Gasteiger partial charge < -0.3 is 30.2 Å². The first-order chi connectivity index (χ1) is 17.5. The number of nitrogens with two attached hydrogens (primary N) is 1. The van der Waals surface area contributed by atoms with Crippen molar-refractivity contribution in [3.8, 4) is 23.0 Å². The number of likely N-dealkylation sites (tertiary alicyclic amines) is 1. The predicted molar refractivity (Wildman–Crippen MR) is 143 cm³/mol. The van der Waals surface area contributed by atoms with Crippen molar-refractivity contribution in [2.24, 2.45) is 0 Å². The average Bonchev–Trinajstić information content (AvgIpc) is 2.90. The average molecular weight is 490 g/mol. The highest BCUT2D eigenvalue weighted by molar-refractivity contribution is 6.04. The second-order valence-corrected chi connectivity index (χ2v) is 9.03. The van der Waals surface area contributed by atoms with Crippen LogP contribution >= 0.6 is 0 Å². The van der Waals surface area contributed by atoms with Crippen molar-refractivity contribution in [3.05, 3.63) is 72.3 Å². The van der Waals surface area contributed by atoms with Gasteiger partial charge in [-0.3, -0.25) is 4.79 Å². The summed E-state index contributed by atoms with van der Waals surface area (Å²) in [7, 11) is 1.56. The summed E-state index contributed by atoms with van der Waals surface area (Å²) in [4.78, 5) is 15.2. The number of nitrogens with one attached hydrogen (secondary N) is 1. The number of nitrogens with zero attached hydrogens (tertiary/aromatic N) is 1. The zero-order valence-electron chi connectivity index (χ0n) is 21.0. The molecular weight excluding hydrogens is 454 g/mol. The number of benzene rings is 3. The van der Waals surface area contributed by atoms with E-state index in [1.165, 1.54) is 19.4 Å². The number of unbranched alkanes of at least 4 members (excludes halogenated alkanes) is 1. The van der Waals surface area contributed by atoms with Gasteiger partial charge in [0.25, 0.3) is 5.91 Å². The summed E-state index contributed by atoms with van der Waals surface area (Å²) in [5.74, 6) is 2.32. The Bertz CT molecular complexity index is 1120. The molecule has 0 bridgehead atoms. The lowest BCUT2D eigenvalue weighted by atomic mass is 10.1. The van der Waals surface area contributed by atoms with E-state index in [2.05, 4.69) is 17.1 Å². The van der Waals surface area contributed by atoms with Crippen molar-refractivity contribution < 1.29 is 19.0 Å². The Morgan fingerprint density at radius 2 is 1.67 bits per heavy atom. The van der Waals surface area contributed by atoms with Gasteiger partial charge >= 0.3 is 0 Å². The van der Waals surface area contributed by atoms with Gasteiger partial charge in [0, 0.05) is 36.1 Å². The van der Waals surface area contributed by atoms with Crippen LogP contribution < -0.4 is 25.3 Å². The largest absolute Gasteiger partial charge is 0.493 e. The summed E-state index contributed by atoms with van der Waals surface area (Å²) < 4.78 is 17.4. The zero-order valence-corrected chi connectivity index (χ0v) is 21.0. The summed E-state index contributed by atoms with van der Waals surface area (Å²) in [6.07, 6.45) is 4.84. The SMILES string of the molecule is CCCCN1CCC(Oc2ccc(NC(=O)c3ccc(Oc4ccc(N)cc4OC)cc3)cc2)CC1.